The van der Waals surface area contributed by atoms with E-state index in [-0.39, 0.29) is 23.5 Å². The zero-order chi connectivity index (χ0) is 10.7. The number of methoxy groups -OCH3 is 1. The number of hydrogen-bond donors (Lipinski definition) is 0. The van der Waals surface area contributed by atoms with Gasteiger partial charge in [-0.2, -0.15) is 4.39 Å². The molecule has 2 nitrogen and oxygen atoms in total. The molecule has 1 aromatic carbocycles. The van der Waals surface area contributed by atoms with E-state index in [1.54, 1.807) is 6.92 Å². The standard InChI is InChI=1S/C10H10F2O2/c1-3-8(13)6-4-7(11)10(12)9(5-6)14-2/h4-5H,3H2,1-2H3. The Hall–Kier alpha value is -1.45. The highest BCUT2D eigenvalue weighted by molar-refractivity contribution is 5.96. The zero-order valence-electron chi connectivity index (χ0n) is 7.93. The lowest BCUT2D eigenvalue weighted by Crippen LogP contribution is -2.01. The third kappa shape index (κ3) is 1.89. The Morgan fingerprint density at radius 3 is 2.57 bits per heavy atom. The molecule has 4 heteroatoms. The van der Waals surface area contributed by atoms with Gasteiger partial charge in [0.05, 0.1) is 7.11 Å². The minimum atomic E-state index is -1.07. The average Bonchev–Trinajstić information content (AvgIpc) is 2.20. The fourth-order valence-corrected chi connectivity index (χ4v) is 1.08. The van der Waals surface area contributed by atoms with E-state index >= 15 is 0 Å². The molecule has 0 N–H and O–H groups in total. The third-order valence-electron chi connectivity index (χ3n) is 1.86. The van der Waals surface area contributed by atoms with Crippen LogP contribution in [0.2, 0.25) is 0 Å². The summed E-state index contributed by atoms with van der Waals surface area (Å²) < 4.78 is 30.4. The molecule has 0 spiro atoms. The molecule has 0 saturated carbocycles. The highest BCUT2D eigenvalue weighted by Crippen LogP contribution is 2.22. The molecule has 1 rings (SSSR count). The summed E-state index contributed by atoms with van der Waals surface area (Å²) in [6.45, 7) is 1.65. The molecular formula is C10H10F2O2. The molecule has 0 aliphatic carbocycles. The van der Waals surface area contributed by atoms with Crippen LogP contribution in [0, 0.1) is 11.6 Å². The van der Waals surface area contributed by atoms with Crippen molar-refractivity contribution in [2.45, 2.75) is 13.3 Å². The van der Waals surface area contributed by atoms with Crippen molar-refractivity contribution in [1.29, 1.82) is 0 Å². The fourth-order valence-electron chi connectivity index (χ4n) is 1.08. The Labute approximate surface area is 80.5 Å². The van der Waals surface area contributed by atoms with Crippen LogP contribution in [0.25, 0.3) is 0 Å². The number of Topliss-reactive ketones (excluding diaryl/α,β-unsaturated/α-hetero) is 1. The SMILES string of the molecule is CCC(=O)c1cc(F)c(F)c(OC)c1. The van der Waals surface area contributed by atoms with Crippen LogP contribution in [0.15, 0.2) is 12.1 Å². The lowest BCUT2D eigenvalue weighted by atomic mass is 10.1. The van der Waals surface area contributed by atoms with Gasteiger partial charge in [0, 0.05) is 12.0 Å². The van der Waals surface area contributed by atoms with Gasteiger partial charge in [-0.3, -0.25) is 4.79 Å². The Morgan fingerprint density at radius 1 is 1.43 bits per heavy atom. The smallest absolute Gasteiger partial charge is 0.200 e. The first kappa shape index (κ1) is 10.6. The quantitative estimate of drug-likeness (QED) is 0.701. The van der Waals surface area contributed by atoms with Crippen LogP contribution >= 0.6 is 0 Å². The maximum Gasteiger partial charge on any atom is 0.200 e. The molecule has 0 unspecified atom stereocenters. The highest BCUT2D eigenvalue weighted by atomic mass is 19.2. The average molecular weight is 200 g/mol. The summed E-state index contributed by atoms with van der Waals surface area (Å²) in [5.74, 6) is -2.63. The molecule has 0 aliphatic rings. The molecule has 0 fully saturated rings. The summed E-state index contributed by atoms with van der Waals surface area (Å²) in [7, 11) is 1.22. The van der Waals surface area contributed by atoms with Gasteiger partial charge in [-0.1, -0.05) is 6.92 Å². The fraction of sp³-hybridized carbons (Fsp3) is 0.300. The number of benzene rings is 1. The predicted molar refractivity (Wildman–Crippen MR) is 47.5 cm³/mol. The molecule has 0 aromatic heterocycles. The molecular weight excluding hydrogens is 190 g/mol. The lowest BCUT2D eigenvalue weighted by Gasteiger charge is -2.05. The maximum atomic E-state index is 12.9. The van der Waals surface area contributed by atoms with Gasteiger partial charge in [-0.25, -0.2) is 4.39 Å². The highest BCUT2D eigenvalue weighted by Gasteiger charge is 2.14. The predicted octanol–water partition coefficient (Wildman–Crippen LogP) is 2.57. The number of hydrogen-bond acceptors (Lipinski definition) is 2. The molecule has 14 heavy (non-hydrogen) atoms. The summed E-state index contributed by atoms with van der Waals surface area (Å²) in [6.07, 6.45) is 0.244. The molecule has 0 heterocycles. The van der Waals surface area contributed by atoms with Crippen LogP contribution in [-0.2, 0) is 0 Å². The largest absolute Gasteiger partial charge is 0.494 e. The van der Waals surface area contributed by atoms with Gasteiger partial charge >= 0.3 is 0 Å². The summed E-state index contributed by atoms with van der Waals surface area (Å²) in [6, 6.07) is 2.08. The number of ketones is 1. The molecule has 0 aliphatic heterocycles. The topological polar surface area (TPSA) is 26.3 Å². The van der Waals surface area contributed by atoms with Gasteiger partial charge in [0.25, 0.3) is 0 Å². The molecule has 0 bridgehead atoms. The second-order valence-corrected chi connectivity index (χ2v) is 2.75. The van der Waals surface area contributed by atoms with E-state index in [2.05, 4.69) is 4.74 Å². The first-order valence-electron chi connectivity index (χ1n) is 4.16. The van der Waals surface area contributed by atoms with E-state index in [4.69, 9.17) is 0 Å². The number of rotatable bonds is 3. The minimum absolute atomic E-state index is 0.128. The van der Waals surface area contributed by atoms with Crippen molar-refractivity contribution < 1.29 is 18.3 Å². The van der Waals surface area contributed by atoms with Crippen molar-refractivity contribution in [2.24, 2.45) is 0 Å². The van der Waals surface area contributed by atoms with E-state index in [0.717, 1.165) is 6.07 Å². The van der Waals surface area contributed by atoms with Gasteiger partial charge in [0.15, 0.2) is 17.3 Å². The molecule has 76 valence electrons. The van der Waals surface area contributed by atoms with Crippen molar-refractivity contribution in [3.05, 3.63) is 29.3 Å². The van der Waals surface area contributed by atoms with E-state index < -0.39 is 11.6 Å². The Bertz CT molecular complexity index is 361. The maximum absolute atomic E-state index is 12.9. The third-order valence-corrected chi connectivity index (χ3v) is 1.86. The van der Waals surface area contributed by atoms with Crippen LogP contribution in [0.1, 0.15) is 23.7 Å². The van der Waals surface area contributed by atoms with Crippen molar-refractivity contribution in [1.82, 2.24) is 0 Å². The number of ether oxygens (including phenoxy) is 1. The Kier molecular flexibility index (Phi) is 3.17. The Morgan fingerprint density at radius 2 is 2.07 bits per heavy atom. The van der Waals surface area contributed by atoms with E-state index in [1.165, 1.54) is 13.2 Å². The lowest BCUT2D eigenvalue weighted by molar-refractivity contribution is 0.0987. The van der Waals surface area contributed by atoms with Crippen LogP contribution in [0.4, 0.5) is 8.78 Å². The Balaban J connectivity index is 3.22. The molecule has 1 aromatic rings. The van der Waals surface area contributed by atoms with Crippen LogP contribution < -0.4 is 4.74 Å². The van der Waals surface area contributed by atoms with Gasteiger partial charge in [-0.15, -0.1) is 0 Å². The van der Waals surface area contributed by atoms with Crippen molar-refractivity contribution >= 4 is 5.78 Å². The summed E-state index contributed by atoms with van der Waals surface area (Å²) in [5.41, 5.74) is 0.128. The normalized spacial score (nSPS) is 10.0. The minimum Gasteiger partial charge on any atom is -0.494 e. The van der Waals surface area contributed by atoms with Crippen molar-refractivity contribution in [3.63, 3.8) is 0 Å². The van der Waals surface area contributed by atoms with Gasteiger partial charge < -0.3 is 4.74 Å². The van der Waals surface area contributed by atoms with Gasteiger partial charge in [0.2, 0.25) is 5.82 Å². The second-order valence-electron chi connectivity index (χ2n) is 2.75. The molecule has 0 atom stereocenters. The summed E-state index contributed by atoms with van der Waals surface area (Å²) in [5, 5.41) is 0. The van der Waals surface area contributed by atoms with Crippen molar-refractivity contribution in [3.8, 4) is 5.75 Å². The first-order chi connectivity index (χ1) is 6.60. The van der Waals surface area contributed by atoms with E-state index in [1.807, 2.05) is 0 Å². The van der Waals surface area contributed by atoms with Crippen LogP contribution in [0.3, 0.4) is 0 Å². The number of carbonyl (C=O) groups excluding carboxylic acids is 1. The monoisotopic (exact) mass is 200 g/mol. The van der Waals surface area contributed by atoms with Crippen LogP contribution in [0.5, 0.6) is 5.75 Å². The first-order valence-corrected chi connectivity index (χ1v) is 4.16. The number of halogens is 2. The zero-order valence-corrected chi connectivity index (χ0v) is 7.93. The van der Waals surface area contributed by atoms with Gasteiger partial charge in [0.1, 0.15) is 0 Å². The molecule has 0 radical (unpaired) electrons. The van der Waals surface area contributed by atoms with Crippen LogP contribution in [-0.4, -0.2) is 12.9 Å². The second kappa shape index (κ2) is 4.17. The van der Waals surface area contributed by atoms with E-state index in [0.29, 0.717) is 0 Å². The van der Waals surface area contributed by atoms with Gasteiger partial charge in [-0.05, 0) is 12.1 Å². The summed E-state index contributed by atoms with van der Waals surface area (Å²) in [4.78, 5) is 11.2. The van der Waals surface area contributed by atoms with Crippen molar-refractivity contribution in [2.75, 3.05) is 7.11 Å². The summed E-state index contributed by atoms with van der Waals surface area (Å²) >= 11 is 0. The number of carbonyl (C=O) groups is 1. The molecule has 0 saturated heterocycles. The van der Waals surface area contributed by atoms with E-state index in [9.17, 15) is 13.6 Å². The molecule has 0 amide bonds.